The van der Waals surface area contributed by atoms with Gasteiger partial charge in [-0.25, -0.2) is 0 Å². The van der Waals surface area contributed by atoms with Gasteiger partial charge in [0.05, 0.1) is 5.56 Å². The number of carbonyl (C=O) groups is 1. The first-order valence-corrected chi connectivity index (χ1v) is 8.73. The van der Waals surface area contributed by atoms with Crippen LogP contribution in [0.1, 0.15) is 60.1 Å². The highest BCUT2D eigenvalue weighted by Gasteiger charge is 2.33. The number of aromatic amines is 1. The van der Waals surface area contributed by atoms with Crippen molar-refractivity contribution in [3.05, 3.63) is 47.3 Å². The molecule has 1 amide bonds. The Labute approximate surface area is 142 Å². The van der Waals surface area contributed by atoms with E-state index in [4.69, 9.17) is 4.74 Å². The number of carbonyl (C=O) groups excluding carboxylic acids is 1. The molecule has 126 valence electrons. The number of likely N-dealkylation sites (tertiary alicyclic amines) is 1. The lowest BCUT2D eigenvalue weighted by molar-refractivity contribution is 0.0700. The fourth-order valence-corrected chi connectivity index (χ4v) is 3.83. The van der Waals surface area contributed by atoms with Gasteiger partial charge in [-0.1, -0.05) is 19.1 Å². The minimum Gasteiger partial charge on any atom is -0.489 e. The van der Waals surface area contributed by atoms with Crippen molar-refractivity contribution in [2.45, 2.75) is 44.6 Å². The molecule has 1 saturated heterocycles. The third-order valence-electron chi connectivity index (χ3n) is 5.45. The molecule has 4 rings (SSSR count). The summed E-state index contributed by atoms with van der Waals surface area (Å²) in [6.07, 6.45) is 3.99. The predicted octanol–water partition coefficient (Wildman–Crippen LogP) is 3.31. The number of rotatable bonds is 2. The third kappa shape index (κ3) is 2.48. The van der Waals surface area contributed by atoms with Crippen molar-refractivity contribution in [3.63, 3.8) is 0 Å². The Hall–Kier alpha value is -2.30. The monoisotopic (exact) mass is 325 g/mol. The van der Waals surface area contributed by atoms with Gasteiger partial charge < -0.3 is 9.64 Å². The van der Waals surface area contributed by atoms with Crippen molar-refractivity contribution >= 4 is 5.91 Å². The highest BCUT2D eigenvalue weighted by atomic mass is 16.5. The summed E-state index contributed by atoms with van der Waals surface area (Å²) >= 11 is 0. The highest BCUT2D eigenvalue weighted by Crippen LogP contribution is 2.41. The molecule has 0 radical (unpaired) electrons. The Bertz CT molecular complexity index is 741. The number of aromatic nitrogens is 2. The molecule has 3 atom stereocenters. The fraction of sp³-hybridized carbons (Fsp3) is 0.474. The van der Waals surface area contributed by atoms with Crippen molar-refractivity contribution in [3.8, 4) is 5.75 Å². The molecule has 1 aromatic heterocycles. The van der Waals surface area contributed by atoms with Crippen molar-refractivity contribution in [2.75, 3.05) is 13.1 Å². The normalized spacial score (nSPS) is 26.1. The molecule has 1 aromatic carbocycles. The number of piperidine rings is 1. The number of hydrogen-bond acceptors (Lipinski definition) is 3. The number of fused-ring (bicyclic) bond motifs is 1. The molecule has 2 aliphatic rings. The van der Waals surface area contributed by atoms with Crippen LogP contribution in [-0.4, -0.2) is 40.2 Å². The number of hydrogen-bond donors (Lipinski definition) is 1. The lowest BCUT2D eigenvalue weighted by atomic mass is 9.93. The Morgan fingerprint density at radius 1 is 1.33 bits per heavy atom. The van der Waals surface area contributed by atoms with Gasteiger partial charge >= 0.3 is 0 Å². The van der Waals surface area contributed by atoms with Crippen LogP contribution in [0, 0.1) is 0 Å². The van der Waals surface area contributed by atoms with Crippen LogP contribution in [-0.2, 0) is 0 Å². The highest BCUT2D eigenvalue weighted by molar-refractivity contribution is 5.97. The molecule has 0 aliphatic carbocycles. The van der Waals surface area contributed by atoms with Gasteiger partial charge in [0.15, 0.2) is 0 Å². The molecular formula is C19H23N3O2. The summed E-state index contributed by atoms with van der Waals surface area (Å²) in [6.45, 7) is 5.75. The van der Waals surface area contributed by atoms with Crippen LogP contribution in [0.15, 0.2) is 30.5 Å². The van der Waals surface area contributed by atoms with Crippen molar-refractivity contribution in [1.82, 2.24) is 15.1 Å². The van der Waals surface area contributed by atoms with Crippen molar-refractivity contribution in [1.29, 1.82) is 0 Å². The molecule has 3 unspecified atom stereocenters. The first kappa shape index (κ1) is 15.2. The van der Waals surface area contributed by atoms with Crippen LogP contribution in [0.3, 0.4) is 0 Å². The van der Waals surface area contributed by atoms with Crippen LogP contribution < -0.4 is 4.74 Å². The van der Waals surface area contributed by atoms with E-state index >= 15 is 0 Å². The third-order valence-corrected chi connectivity index (χ3v) is 5.45. The van der Waals surface area contributed by atoms with E-state index in [9.17, 15) is 4.79 Å². The lowest BCUT2D eigenvalue weighted by Gasteiger charge is -2.32. The van der Waals surface area contributed by atoms with Gasteiger partial charge in [0.2, 0.25) is 0 Å². The number of ether oxygens (including phenoxy) is 1. The maximum Gasteiger partial charge on any atom is 0.257 e. The van der Waals surface area contributed by atoms with E-state index in [1.807, 2.05) is 23.1 Å². The summed E-state index contributed by atoms with van der Waals surface area (Å²) in [6, 6.07) is 7.95. The van der Waals surface area contributed by atoms with Crippen LogP contribution in [0.2, 0.25) is 0 Å². The van der Waals surface area contributed by atoms with E-state index in [-0.39, 0.29) is 12.0 Å². The fourth-order valence-electron chi connectivity index (χ4n) is 3.83. The molecule has 2 aliphatic heterocycles. The molecular weight excluding hydrogens is 302 g/mol. The lowest BCUT2D eigenvalue weighted by Crippen LogP contribution is -2.39. The smallest absolute Gasteiger partial charge is 0.257 e. The molecule has 1 fully saturated rings. The second-order valence-electron chi connectivity index (χ2n) is 6.94. The number of nitrogens with one attached hydrogen (secondary N) is 1. The van der Waals surface area contributed by atoms with Gasteiger partial charge in [0.1, 0.15) is 11.9 Å². The van der Waals surface area contributed by atoms with Crippen LogP contribution >= 0.6 is 0 Å². The summed E-state index contributed by atoms with van der Waals surface area (Å²) in [5.41, 5.74) is 2.97. The zero-order valence-electron chi connectivity index (χ0n) is 14.2. The minimum atomic E-state index is 0.0809. The van der Waals surface area contributed by atoms with E-state index in [2.05, 4.69) is 30.1 Å². The summed E-state index contributed by atoms with van der Waals surface area (Å²) < 4.78 is 6.00. The van der Waals surface area contributed by atoms with Crippen LogP contribution in [0.5, 0.6) is 5.75 Å². The average Bonchev–Trinajstić information content (AvgIpc) is 3.24. The van der Waals surface area contributed by atoms with Crippen LogP contribution in [0.25, 0.3) is 0 Å². The van der Waals surface area contributed by atoms with E-state index in [1.54, 1.807) is 6.20 Å². The van der Waals surface area contributed by atoms with Crippen molar-refractivity contribution in [2.24, 2.45) is 0 Å². The minimum absolute atomic E-state index is 0.0809. The van der Waals surface area contributed by atoms with E-state index in [0.717, 1.165) is 42.9 Å². The molecule has 5 nitrogen and oxygen atoms in total. The topological polar surface area (TPSA) is 58.2 Å². The molecule has 1 N–H and O–H groups in total. The zero-order valence-corrected chi connectivity index (χ0v) is 14.2. The molecule has 0 spiro atoms. The van der Waals surface area contributed by atoms with Crippen LogP contribution in [0.4, 0.5) is 0 Å². The second-order valence-corrected chi connectivity index (χ2v) is 6.94. The number of amides is 1. The molecule has 5 heteroatoms. The molecule has 3 heterocycles. The number of benzene rings is 1. The standard InChI is InChI=1S/C19H23N3O2/c1-12-13(2)24-18-15(12)6-3-7-16(18)19(23)22-10-4-5-14(11-22)17-8-9-20-21-17/h3,6-9,12-14H,4-5,10-11H2,1-2H3,(H,20,21). The Balaban J connectivity index is 1.59. The van der Waals surface area contributed by atoms with Gasteiger partial charge in [-0.05, 0) is 31.9 Å². The first-order valence-electron chi connectivity index (χ1n) is 8.73. The molecule has 0 bridgehead atoms. The maximum absolute atomic E-state index is 13.1. The number of para-hydroxylation sites is 1. The Morgan fingerprint density at radius 3 is 3.00 bits per heavy atom. The summed E-state index contributed by atoms with van der Waals surface area (Å²) in [7, 11) is 0. The summed E-state index contributed by atoms with van der Waals surface area (Å²) in [5, 5.41) is 7.09. The van der Waals surface area contributed by atoms with Gasteiger partial charge in [-0.3, -0.25) is 9.89 Å². The van der Waals surface area contributed by atoms with E-state index in [1.165, 1.54) is 0 Å². The number of H-pyrrole nitrogens is 1. The van der Waals surface area contributed by atoms with E-state index in [0.29, 0.717) is 17.4 Å². The second kappa shape index (κ2) is 5.96. The largest absolute Gasteiger partial charge is 0.489 e. The Kier molecular flexibility index (Phi) is 3.79. The van der Waals surface area contributed by atoms with Gasteiger partial charge in [-0.15, -0.1) is 0 Å². The maximum atomic E-state index is 13.1. The summed E-state index contributed by atoms with van der Waals surface area (Å²) in [5.74, 6) is 1.52. The van der Waals surface area contributed by atoms with Crippen molar-refractivity contribution < 1.29 is 9.53 Å². The zero-order chi connectivity index (χ0) is 16.7. The average molecular weight is 325 g/mol. The Morgan fingerprint density at radius 2 is 2.21 bits per heavy atom. The van der Waals surface area contributed by atoms with E-state index < -0.39 is 0 Å². The van der Waals surface area contributed by atoms with Gasteiger partial charge in [-0.2, -0.15) is 5.10 Å². The van der Waals surface area contributed by atoms with Gasteiger partial charge in [0, 0.05) is 42.4 Å². The predicted molar refractivity (Wildman–Crippen MR) is 91.4 cm³/mol. The van der Waals surface area contributed by atoms with Gasteiger partial charge in [0.25, 0.3) is 5.91 Å². The molecule has 0 saturated carbocycles. The quantitative estimate of drug-likeness (QED) is 0.921. The first-order chi connectivity index (χ1) is 11.6. The molecule has 24 heavy (non-hydrogen) atoms. The molecule has 2 aromatic rings. The summed E-state index contributed by atoms with van der Waals surface area (Å²) in [4.78, 5) is 15.1. The number of nitrogens with zero attached hydrogens (tertiary/aromatic N) is 2. The SMILES string of the molecule is CC1Oc2c(C(=O)N3CCCC(c4ccn[nH]4)C3)cccc2C1C.